The highest BCUT2D eigenvalue weighted by Gasteiger charge is 2.21. The topological polar surface area (TPSA) is 98.1 Å². The maximum absolute atomic E-state index is 12.9. The summed E-state index contributed by atoms with van der Waals surface area (Å²) in [5.41, 5.74) is 3.18. The van der Waals surface area contributed by atoms with Gasteiger partial charge in [-0.1, -0.05) is 30.2 Å². The van der Waals surface area contributed by atoms with Crippen molar-refractivity contribution in [3.05, 3.63) is 78.1 Å². The standard InChI is InChI=1S/C24H19F2N3O3S/c1-24(25,26)15-32-18-10-6-16(7-11-18)8-13-23-28-20-12-9-17(14-21(20)29-23)19-4-2-3-5-22(19)33(27,30)31/h2-7,9-12,14H,15H2,1H3,(H,28,29)(H2,27,30,31). The predicted molar refractivity (Wildman–Crippen MR) is 121 cm³/mol. The molecule has 0 unspecified atom stereocenters. The van der Waals surface area contributed by atoms with Crippen molar-refractivity contribution in [2.75, 3.05) is 6.61 Å². The van der Waals surface area contributed by atoms with Crippen LogP contribution in [0, 0.1) is 11.8 Å². The lowest BCUT2D eigenvalue weighted by Crippen LogP contribution is -2.20. The zero-order valence-corrected chi connectivity index (χ0v) is 18.3. The molecular formula is C24H19F2N3O3S. The normalized spacial score (nSPS) is 11.8. The van der Waals surface area contributed by atoms with Gasteiger partial charge < -0.3 is 9.72 Å². The number of nitrogens with two attached hydrogens (primary N) is 1. The lowest BCUT2D eigenvalue weighted by molar-refractivity contribution is -0.0229. The molecule has 3 aromatic carbocycles. The summed E-state index contributed by atoms with van der Waals surface area (Å²) in [5.74, 6) is 3.73. The maximum Gasteiger partial charge on any atom is 0.278 e. The lowest BCUT2D eigenvalue weighted by Gasteiger charge is -2.11. The van der Waals surface area contributed by atoms with Gasteiger partial charge in [0.25, 0.3) is 5.92 Å². The molecule has 33 heavy (non-hydrogen) atoms. The molecule has 0 fully saturated rings. The number of aromatic nitrogens is 2. The Balaban J connectivity index is 1.57. The summed E-state index contributed by atoms with van der Waals surface area (Å²) < 4.78 is 54.6. The minimum Gasteiger partial charge on any atom is -0.487 e. The molecule has 168 valence electrons. The van der Waals surface area contributed by atoms with Crippen LogP contribution >= 0.6 is 0 Å². The number of nitrogens with zero attached hydrogens (tertiary/aromatic N) is 1. The van der Waals surface area contributed by atoms with Crippen LogP contribution in [0.3, 0.4) is 0 Å². The molecule has 0 aliphatic rings. The van der Waals surface area contributed by atoms with Crippen LogP contribution in [0.15, 0.2) is 71.6 Å². The van der Waals surface area contributed by atoms with Gasteiger partial charge in [0.1, 0.15) is 5.75 Å². The van der Waals surface area contributed by atoms with Crippen LogP contribution in [0.2, 0.25) is 0 Å². The first-order valence-corrected chi connectivity index (χ1v) is 11.4. The second-order valence-corrected chi connectivity index (χ2v) is 9.02. The zero-order chi connectivity index (χ0) is 23.6. The van der Waals surface area contributed by atoms with E-state index in [1.165, 1.54) is 6.07 Å². The number of fused-ring (bicyclic) bond motifs is 1. The number of ether oxygens (including phenoxy) is 1. The second-order valence-electron chi connectivity index (χ2n) is 7.49. The van der Waals surface area contributed by atoms with Crippen molar-refractivity contribution in [3.8, 4) is 28.7 Å². The largest absolute Gasteiger partial charge is 0.487 e. The van der Waals surface area contributed by atoms with E-state index in [2.05, 4.69) is 21.8 Å². The van der Waals surface area contributed by atoms with Gasteiger partial charge in [-0.15, -0.1) is 0 Å². The summed E-state index contributed by atoms with van der Waals surface area (Å²) in [4.78, 5) is 7.58. The van der Waals surface area contributed by atoms with E-state index in [9.17, 15) is 17.2 Å². The van der Waals surface area contributed by atoms with Gasteiger partial charge in [-0.25, -0.2) is 27.3 Å². The molecule has 0 spiro atoms. The summed E-state index contributed by atoms with van der Waals surface area (Å²) in [7, 11) is -3.88. The van der Waals surface area contributed by atoms with Crippen LogP contribution in [-0.2, 0) is 10.0 Å². The van der Waals surface area contributed by atoms with Crippen molar-refractivity contribution in [1.29, 1.82) is 0 Å². The molecule has 0 saturated heterocycles. The first-order chi connectivity index (χ1) is 15.6. The third kappa shape index (κ3) is 5.55. The highest BCUT2D eigenvalue weighted by molar-refractivity contribution is 7.89. The smallest absolute Gasteiger partial charge is 0.278 e. The molecule has 0 radical (unpaired) electrons. The maximum atomic E-state index is 12.9. The monoisotopic (exact) mass is 467 g/mol. The van der Waals surface area contributed by atoms with Crippen molar-refractivity contribution >= 4 is 21.1 Å². The molecule has 0 atom stereocenters. The minimum atomic E-state index is -3.88. The van der Waals surface area contributed by atoms with E-state index in [1.807, 2.05) is 0 Å². The number of halogens is 2. The van der Waals surface area contributed by atoms with E-state index in [0.717, 1.165) is 6.92 Å². The fourth-order valence-electron chi connectivity index (χ4n) is 3.17. The number of aromatic amines is 1. The second kappa shape index (κ2) is 8.65. The third-order valence-corrected chi connectivity index (χ3v) is 5.63. The number of sulfonamides is 1. The number of alkyl halides is 2. The quantitative estimate of drug-likeness (QED) is 0.428. The fraction of sp³-hybridized carbons (Fsp3) is 0.125. The van der Waals surface area contributed by atoms with E-state index in [1.54, 1.807) is 60.7 Å². The molecule has 9 heteroatoms. The summed E-state index contributed by atoms with van der Waals surface area (Å²) in [6, 6.07) is 18.3. The molecule has 0 amide bonds. The van der Waals surface area contributed by atoms with Gasteiger partial charge in [0.15, 0.2) is 12.4 Å². The molecule has 0 aliphatic carbocycles. The minimum absolute atomic E-state index is 0.0407. The van der Waals surface area contributed by atoms with Crippen molar-refractivity contribution in [3.63, 3.8) is 0 Å². The highest BCUT2D eigenvalue weighted by atomic mass is 32.2. The fourth-order valence-corrected chi connectivity index (χ4v) is 3.93. The predicted octanol–water partition coefficient (Wildman–Crippen LogP) is 4.31. The third-order valence-electron chi connectivity index (χ3n) is 4.66. The van der Waals surface area contributed by atoms with Crippen molar-refractivity contribution in [2.45, 2.75) is 17.7 Å². The molecular weight excluding hydrogens is 448 g/mol. The molecule has 0 saturated carbocycles. The van der Waals surface area contributed by atoms with E-state index in [4.69, 9.17) is 9.88 Å². The molecule has 6 nitrogen and oxygen atoms in total. The summed E-state index contributed by atoms with van der Waals surface area (Å²) >= 11 is 0. The Kier molecular flexibility index (Phi) is 5.89. The van der Waals surface area contributed by atoms with E-state index in [0.29, 0.717) is 39.3 Å². The van der Waals surface area contributed by atoms with Crippen molar-refractivity contribution in [1.82, 2.24) is 9.97 Å². The van der Waals surface area contributed by atoms with Gasteiger partial charge in [-0.3, -0.25) is 0 Å². The van der Waals surface area contributed by atoms with Crippen molar-refractivity contribution in [2.24, 2.45) is 5.14 Å². The Morgan fingerprint density at radius 1 is 1.06 bits per heavy atom. The van der Waals surface area contributed by atoms with Crippen LogP contribution in [0.4, 0.5) is 8.78 Å². The Labute approximate surface area is 189 Å². The number of H-pyrrole nitrogens is 1. The number of imidazole rings is 1. The van der Waals surface area contributed by atoms with Gasteiger partial charge in [0, 0.05) is 18.1 Å². The molecule has 1 aromatic heterocycles. The van der Waals surface area contributed by atoms with Crippen LogP contribution in [0.1, 0.15) is 18.3 Å². The SMILES string of the molecule is CC(F)(F)COc1ccc(C#Cc2nc3ccc(-c4ccccc4S(N)(=O)=O)cc3[nH]2)cc1. The van der Waals surface area contributed by atoms with E-state index < -0.39 is 22.6 Å². The van der Waals surface area contributed by atoms with E-state index in [-0.39, 0.29) is 4.90 Å². The first kappa shape index (κ1) is 22.5. The first-order valence-electron chi connectivity index (χ1n) is 9.83. The Morgan fingerprint density at radius 3 is 2.48 bits per heavy atom. The molecule has 4 aromatic rings. The molecule has 1 heterocycles. The number of nitrogens with one attached hydrogen (secondary N) is 1. The van der Waals surface area contributed by atoms with Crippen molar-refractivity contribution < 1.29 is 21.9 Å². The average Bonchev–Trinajstić information content (AvgIpc) is 3.18. The lowest BCUT2D eigenvalue weighted by atomic mass is 10.1. The van der Waals surface area contributed by atoms with Crippen LogP contribution in [0.5, 0.6) is 5.75 Å². The summed E-state index contributed by atoms with van der Waals surface area (Å²) in [5, 5.41) is 5.34. The zero-order valence-electron chi connectivity index (χ0n) is 17.5. The number of primary sulfonamides is 1. The van der Waals surface area contributed by atoms with E-state index >= 15 is 0 Å². The van der Waals surface area contributed by atoms with Crippen LogP contribution < -0.4 is 9.88 Å². The Bertz CT molecular complexity index is 1480. The molecule has 4 rings (SSSR count). The molecule has 0 bridgehead atoms. The summed E-state index contributed by atoms with van der Waals surface area (Å²) in [6.07, 6.45) is 0. The number of hydrogen-bond acceptors (Lipinski definition) is 4. The highest BCUT2D eigenvalue weighted by Crippen LogP contribution is 2.28. The summed E-state index contributed by atoms with van der Waals surface area (Å²) in [6.45, 7) is 0.0999. The average molecular weight is 467 g/mol. The van der Waals surface area contributed by atoms with Gasteiger partial charge >= 0.3 is 0 Å². The number of hydrogen-bond donors (Lipinski definition) is 2. The van der Waals surface area contributed by atoms with Crippen LogP contribution in [0.25, 0.3) is 22.2 Å². The Morgan fingerprint density at radius 2 is 1.79 bits per heavy atom. The molecule has 0 aliphatic heterocycles. The van der Waals surface area contributed by atoms with Gasteiger partial charge in [-0.2, -0.15) is 0 Å². The van der Waals surface area contributed by atoms with Gasteiger partial charge in [0.2, 0.25) is 10.0 Å². The van der Waals surface area contributed by atoms with Gasteiger partial charge in [-0.05, 0) is 53.9 Å². The Hall–Kier alpha value is -3.74. The van der Waals surface area contributed by atoms with Gasteiger partial charge in [0.05, 0.1) is 15.9 Å². The van der Waals surface area contributed by atoms with Crippen LogP contribution in [-0.4, -0.2) is 30.9 Å². The molecule has 3 N–H and O–H groups in total. The number of rotatable bonds is 5. The number of benzene rings is 3.